The summed E-state index contributed by atoms with van der Waals surface area (Å²) in [5.41, 5.74) is 3.38. The van der Waals surface area contributed by atoms with Crippen LogP contribution in [0.5, 0.6) is 0 Å². The van der Waals surface area contributed by atoms with Gasteiger partial charge in [-0.15, -0.1) is 34.0 Å². The third kappa shape index (κ3) is 8.43. The van der Waals surface area contributed by atoms with Gasteiger partial charge in [-0.25, -0.2) is 15.0 Å². The smallest absolute Gasteiger partial charge is 0.0908 e. The van der Waals surface area contributed by atoms with E-state index in [-0.39, 0.29) is 0 Å². The molecule has 9 rings (SSSR count). The molecule has 0 N–H and O–H groups in total. The van der Waals surface area contributed by atoms with E-state index in [9.17, 15) is 0 Å². The molecule has 0 saturated heterocycles. The van der Waals surface area contributed by atoms with E-state index in [1.54, 1.807) is 34.0 Å². The monoisotopic (exact) mass is 687 g/mol. The van der Waals surface area contributed by atoms with Crippen LogP contribution < -0.4 is 0 Å². The maximum Gasteiger partial charge on any atom is 0.0908 e. The predicted octanol–water partition coefficient (Wildman–Crippen LogP) is 14.4. The average Bonchev–Trinajstić information content (AvgIpc) is 3.84. The lowest BCUT2D eigenvalue weighted by molar-refractivity contribution is 1.35. The Balaban J connectivity index is 0.000000151. The molecule has 0 aliphatic heterocycles. The van der Waals surface area contributed by atoms with Gasteiger partial charge < -0.3 is 0 Å². The molecule has 0 fully saturated rings. The highest BCUT2D eigenvalue weighted by Crippen LogP contribution is 2.30. The molecule has 0 atom stereocenters. The number of nitrogens with zero attached hydrogens (tertiary/aromatic N) is 3. The van der Waals surface area contributed by atoms with Gasteiger partial charge in [0.25, 0.3) is 0 Å². The van der Waals surface area contributed by atoms with Crippen LogP contribution in [0.4, 0.5) is 0 Å². The molecule has 3 heterocycles. The first-order chi connectivity index (χ1) is 23.5. The number of aryl methyl sites for hydroxylation is 3. The highest BCUT2D eigenvalue weighted by molar-refractivity contribution is 7.19. The van der Waals surface area contributed by atoms with Gasteiger partial charge in [0.1, 0.15) is 0 Å². The molecular formula is C42H45N3S3. The molecular weight excluding hydrogens is 643 g/mol. The Kier molecular flexibility index (Phi) is 13.6. The molecule has 0 aliphatic carbocycles. The summed E-state index contributed by atoms with van der Waals surface area (Å²) in [4.78, 5) is 13.5. The van der Waals surface area contributed by atoms with Crippen LogP contribution >= 0.6 is 34.0 Å². The molecule has 0 spiro atoms. The molecule has 246 valence electrons. The lowest BCUT2D eigenvalue weighted by Crippen LogP contribution is -1.74. The third-order valence-electron chi connectivity index (χ3n) is 7.14. The van der Waals surface area contributed by atoms with Crippen LogP contribution in [0.2, 0.25) is 0 Å². The Bertz CT molecular complexity index is 2180. The molecule has 48 heavy (non-hydrogen) atoms. The minimum absolute atomic E-state index is 1.12. The number of benzene rings is 6. The Hall–Kier alpha value is -4.23. The van der Waals surface area contributed by atoms with Crippen molar-refractivity contribution in [1.82, 2.24) is 15.0 Å². The maximum atomic E-state index is 4.56. The minimum atomic E-state index is 1.12. The van der Waals surface area contributed by atoms with Crippen LogP contribution in [0.1, 0.15) is 56.6 Å². The molecule has 0 saturated carbocycles. The van der Waals surface area contributed by atoms with Gasteiger partial charge in [0.05, 0.1) is 45.7 Å². The van der Waals surface area contributed by atoms with Crippen LogP contribution in [-0.4, -0.2) is 15.0 Å². The zero-order chi connectivity index (χ0) is 34.6. The van der Waals surface area contributed by atoms with Crippen molar-refractivity contribution >= 4 is 97.0 Å². The van der Waals surface area contributed by atoms with E-state index in [0.29, 0.717) is 0 Å². The summed E-state index contributed by atoms with van der Waals surface area (Å²) in [7, 11) is 0. The van der Waals surface area contributed by atoms with Gasteiger partial charge >= 0.3 is 0 Å². The minimum Gasteiger partial charge on any atom is -0.241 e. The molecule has 6 heteroatoms. The largest absolute Gasteiger partial charge is 0.241 e. The van der Waals surface area contributed by atoms with E-state index in [1.165, 1.54) is 46.4 Å². The van der Waals surface area contributed by atoms with Crippen molar-refractivity contribution in [1.29, 1.82) is 0 Å². The third-order valence-corrected chi connectivity index (χ3v) is 10.0. The quantitative estimate of drug-likeness (QED) is 0.159. The summed E-state index contributed by atoms with van der Waals surface area (Å²) in [6, 6.07) is 38.2. The van der Waals surface area contributed by atoms with E-state index in [2.05, 4.69) is 145 Å². The molecule has 0 radical (unpaired) electrons. The molecule has 0 bridgehead atoms. The van der Waals surface area contributed by atoms with Crippen LogP contribution in [0.3, 0.4) is 0 Å². The number of hydrogen-bond donors (Lipinski definition) is 0. The maximum absolute atomic E-state index is 4.56. The molecule has 3 aromatic heterocycles. The fourth-order valence-electron chi connectivity index (χ4n) is 5.27. The highest BCUT2D eigenvalue weighted by atomic mass is 32.1. The van der Waals surface area contributed by atoms with Crippen molar-refractivity contribution in [2.75, 3.05) is 0 Å². The first kappa shape index (κ1) is 36.6. The van der Waals surface area contributed by atoms with Crippen molar-refractivity contribution in [3.63, 3.8) is 0 Å². The first-order valence-electron chi connectivity index (χ1n) is 16.8. The van der Waals surface area contributed by atoms with Crippen molar-refractivity contribution in [2.45, 2.75) is 62.3 Å². The highest BCUT2D eigenvalue weighted by Gasteiger charge is 2.05. The SMILES string of the molecule is CC.CC.CC.Cc1nc2c(ccc3ccccc32)s1.Cc1nc2cc3ccccc3cc2s1.Cc1nc2ccc3ccccc3c2s1. The number of aromatic nitrogens is 3. The Morgan fingerprint density at radius 3 is 1.56 bits per heavy atom. The lowest BCUT2D eigenvalue weighted by Gasteiger charge is -1.96. The Labute approximate surface area is 297 Å². The normalized spacial score (nSPS) is 10.2. The van der Waals surface area contributed by atoms with Gasteiger partial charge in [0.2, 0.25) is 0 Å². The summed E-state index contributed by atoms with van der Waals surface area (Å²) >= 11 is 5.28. The molecule has 0 aliphatic rings. The van der Waals surface area contributed by atoms with Gasteiger partial charge in [-0.1, -0.05) is 126 Å². The van der Waals surface area contributed by atoms with Crippen LogP contribution in [0, 0.1) is 20.8 Å². The van der Waals surface area contributed by atoms with Crippen molar-refractivity contribution in [3.8, 4) is 0 Å². The van der Waals surface area contributed by atoms with E-state index in [4.69, 9.17) is 0 Å². The van der Waals surface area contributed by atoms with E-state index in [1.807, 2.05) is 41.5 Å². The van der Waals surface area contributed by atoms with Gasteiger partial charge in [-0.2, -0.15) is 0 Å². The molecule has 3 nitrogen and oxygen atoms in total. The van der Waals surface area contributed by atoms with Gasteiger partial charge in [0, 0.05) is 10.8 Å². The predicted molar refractivity (Wildman–Crippen MR) is 220 cm³/mol. The van der Waals surface area contributed by atoms with Crippen LogP contribution in [0.15, 0.2) is 109 Å². The molecule has 9 aromatic rings. The fourth-order valence-corrected chi connectivity index (χ4v) is 7.92. The molecule has 0 unspecified atom stereocenters. The second kappa shape index (κ2) is 17.8. The zero-order valence-corrected chi connectivity index (χ0v) is 31.9. The lowest BCUT2D eigenvalue weighted by atomic mass is 10.1. The fraction of sp³-hybridized carbons (Fsp3) is 0.214. The van der Waals surface area contributed by atoms with Crippen LogP contribution in [-0.2, 0) is 0 Å². The summed E-state index contributed by atoms with van der Waals surface area (Å²) in [6.45, 7) is 18.2. The standard InChI is InChI=1S/3C12H9NS.3C2H6/c1-8-13-11-6-9-4-2-3-5-10(9)7-12(11)14-8;1-8-13-12-10-5-3-2-4-9(10)6-7-11(12)14-8;1-8-13-11-7-6-9-4-2-3-5-10(9)12(11)14-8;3*1-2/h3*2-7H,1H3;3*1-2H3. The number of thiazole rings is 3. The second-order valence-electron chi connectivity index (χ2n) is 10.1. The topological polar surface area (TPSA) is 38.7 Å². The Morgan fingerprint density at radius 1 is 0.396 bits per heavy atom. The molecule has 0 amide bonds. The average molecular weight is 688 g/mol. The summed E-state index contributed by atoms with van der Waals surface area (Å²) in [5, 5.41) is 11.1. The summed E-state index contributed by atoms with van der Waals surface area (Å²) < 4.78 is 3.86. The molecule has 6 aromatic carbocycles. The number of fused-ring (bicyclic) bond motifs is 8. The number of hydrogen-bond acceptors (Lipinski definition) is 6. The zero-order valence-electron chi connectivity index (χ0n) is 29.5. The van der Waals surface area contributed by atoms with Crippen molar-refractivity contribution in [3.05, 3.63) is 124 Å². The van der Waals surface area contributed by atoms with Crippen molar-refractivity contribution in [2.24, 2.45) is 0 Å². The van der Waals surface area contributed by atoms with Crippen LogP contribution in [0.25, 0.3) is 63.0 Å². The van der Waals surface area contributed by atoms with E-state index < -0.39 is 0 Å². The van der Waals surface area contributed by atoms with E-state index in [0.717, 1.165) is 31.6 Å². The van der Waals surface area contributed by atoms with Gasteiger partial charge in [0.15, 0.2) is 0 Å². The second-order valence-corrected chi connectivity index (χ2v) is 13.8. The van der Waals surface area contributed by atoms with Crippen molar-refractivity contribution < 1.29 is 0 Å². The summed E-state index contributed by atoms with van der Waals surface area (Å²) in [6.07, 6.45) is 0. The first-order valence-corrected chi connectivity index (χ1v) is 19.2. The van der Waals surface area contributed by atoms with E-state index >= 15 is 0 Å². The van der Waals surface area contributed by atoms with Gasteiger partial charge in [-0.05, 0) is 66.6 Å². The van der Waals surface area contributed by atoms with Gasteiger partial charge in [-0.3, -0.25) is 0 Å². The Morgan fingerprint density at radius 2 is 0.875 bits per heavy atom. The number of rotatable bonds is 0. The summed E-state index contributed by atoms with van der Waals surface area (Å²) in [5.74, 6) is 0.